The molecule has 0 aromatic heterocycles. The molecule has 104 valence electrons. The number of carboxylic acid groups (broad SMARTS) is 1. The molecule has 0 aliphatic carbocycles. The summed E-state index contributed by atoms with van der Waals surface area (Å²) in [5.74, 6) is -0.838. The number of carbonyl (C=O) groups excluding carboxylic acids is 1. The van der Waals surface area contributed by atoms with Crippen LogP contribution in [0.5, 0.6) is 5.75 Å². The van der Waals surface area contributed by atoms with Crippen LogP contribution in [0.4, 0.5) is 0 Å². The summed E-state index contributed by atoms with van der Waals surface area (Å²) < 4.78 is 5.02. The Balaban J connectivity index is 2.50. The van der Waals surface area contributed by atoms with Crippen molar-refractivity contribution in [3.63, 3.8) is 0 Å². The average Bonchev–Trinajstić information content (AvgIpc) is 2.41. The predicted octanol–water partition coefficient (Wildman–Crippen LogP) is 2.07. The maximum absolute atomic E-state index is 11.8. The van der Waals surface area contributed by atoms with E-state index < -0.39 is 12.6 Å². The number of benzene rings is 1. The Morgan fingerprint density at radius 2 is 2.11 bits per heavy atom. The molecule has 5 nitrogen and oxygen atoms in total. The van der Waals surface area contributed by atoms with Crippen molar-refractivity contribution in [1.29, 1.82) is 0 Å². The molecule has 0 aliphatic rings. The summed E-state index contributed by atoms with van der Waals surface area (Å²) in [4.78, 5) is 22.2. The number of aliphatic carboxylic acids is 1. The highest BCUT2D eigenvalue weighted by Crippen LogP contribution is 2.13. The summed E-state index contributed by atoms with van der Waals surface area (Å²) >= 11 is 0. The summed E-state index contributed by atoms with van der Waals surface area (Å²) in [7, 11) is 0. The molecule has 1 aromatic rings. The van der Waals surface area contributed by atoms with E-state index in [9.17, 15) is 9.59 Å². The molecule has 0 atom stereocenters. The second-order valence-corrected chi connectivity index (χ2v) is 4.17. The standard InChI is InChI=1S/C14H19NO4/c1-2-3-4-8-15-14(18)11-6-5-7-12(9-11)19-10-13(16)17/h5-7,9H,2-4,8,10H2,1H3,(H,15,18)(H,16,17). The fourth-order valence-electron chi connectivity index (χ4n) is 1.55. The van der Waals surface area contributed by atoms with E-state index in [1.165, 1.54) is 6.07 Å². The molecule has 0 unspecified atom stereocenters. The maximum atomic E-state index is 11.8. The minimum absolute atomic E-state index is 0.170. The van der Waals surface area contributed by atoms with Crippen molar-refractivity contribution in [1.82, 2.24) is 5.32 Å². The Bertz CT molecular complexity index is 431. The lowest BCUT2D eigenvalue weighted by molar-refractivity contribution is -0.139. The van der Waals surface area contributed by atoms with Crippen molar-refractivity contribution in [3.05, 3.63) is 29.8 Å². The van der Waals surface area contributed by atoms with Crippen LogP contribution in [0, 0.1) is 0 Å². The van der Waals surface area contributed by atoms with E-state index in [1.54, 1.807) is 18.2 Å². The number of ether oxygens (including phenoxy) is 1. The van der Waals surface area contributed by atoms with Gasteiger partial charge in [-0.05, 0) is 24.6 Å². The average molecular weight is 265 g/mol. The minimum Gasteiger partial charge on any atom is -0.482 e. The molecule has 1 amide bonds. The smallest absolute Gasteiger partial charge is 0.341 e. The quantitative estimate of drug-likeness (QED) is 0.705. The largest absolute Gasteiger partial charge is 0.482 e. The zero-order valence-electron chi connectivity index (χ0n) is 11.0. The third-order valence-electron chi connectivity index (χ3n) is 2.52. The van der Waals surface area contributed by atoms with Gasteiger partial charge < -0.3 is 15.2 Å². The van der Waals surface area contributed by atoms with Gasteiger partial charge in [-0.3, -0.25) is 4.79 Å². The molecular weight excluding hydrogens is 246 g/mol. The molecule has 1 aromatic carbocycles. The van der Waals surface area contributed by atoms with Crippen LogP contribution in [0.2, 0.25) is 0 Å². The van der Waals surface area contributed by atoms with Gasteiger partial charge in [-0.25, -0.2) is 4.79 Å². The van der Waals surface area contributed by atoms with Gasteiger partial charge >= 0.3 is 5.97 Å². The van der Waals surface area contributed by atoms with E-state index in [1.807, 2.05) is 0 Å². The van der Waals surface area contributed by atoms with Gasteiger partial charge in [-0.2, -0.15) is 0 Å². The molecule has 0 saturated carbocycles. The molecule has 19 heavy (non-hydrogen) atoms. The lowest BCUT2D eigenvalue weighted by atomic mass is 10.2. The van der Waals surface area contributed by atoms with Gasteiger partial charge in [0.15, 0.2) is 6.61 Å². The van der Waals surface area contributed by atoms with Crippen molar-refractivity contribution in [3.8, 4) is 5.75 Å². The first-order valence-electron chi connectivity index (χ1n) is 6.36. The normalized spacial score (nSPS) is 9.95. The van der Waals surface area contributed by atoms with Crippen LogP contribution in [-0.4, -0.2) is 30.1 Å². The minimum atomic E-state index is -1.05. The molecule has 0 bridgehead atoms. The Labute approximate surface area is 112 Å². The topological polar surface area (TPSA) is 75.6 Å². The van der Waals surface area contributed by atoms with E-state index >= 15 is 0 Å². The highest BCUT2D eigenvalue weighted by molar-refractivity contribution is 5.94. The number of nitrogens with one attached hydrogen (secondary N) is 1. The summed E-state index contributed by atoms with van der Waals surface area (Å²) in [5, 5.41) is 11.3. The third-order valence-corrected chi connectivity index (χ3v) is 2.52. The van der Waals surface area contributed by atoms with Crippen LogP contribution >= 0.6 is 0 Å². The molecule has 0 fully saturated rings. The molecule has 0 heterocycles. The monoisotopic (exact) mass is 265 g/mol. The summed E-state index contributed by atoms with van der Waals surface area (Å²) in [6, 6.07) is 6.50. The fourth-order valence-corrected chi connectivity index (χ4v) is 1.55. The van der Waals surface area contributed by atoms with Crippen molar-refractivity contribution < 1.29 is 19.4 Å². The van der Waals surface area contributed by atoms with Gasteiger partial charge in [0.2, 0.25) is 0 Å². The molecule has 0 spiro atoms. The van der Waals surface area contributed by atoms with Crippen LogP contribution in [0.1, 0.15) is 36.5 Å². The molecule has 0 radical (unpaired) electrons. The lowest BCUT2D eigenvalue weighted by Gasteiger charge is -2.07. The van der Waals surface area contributed by atoms with Crippen molar-refractivity contribution in [2.75, 3.05) is 13.2 Å². The lowest BCUT2D eigenvalue weighted by Crippen LogP contribution is -2.24. The number of rotatable bonds is 8. The molecular formula is C14H19NO4. The van der Waals surface area contributed by atoms with Gasteiger partial charge in [0.05, 0.1) is 0 Å². The Morgan fingerprint density at radius 3 is 2.79 bits per heavy atom. The zero-order valence-corrected chi connectivity index (χ0v) is 11.0. The zero-order chi connectivity index (χ0) is 14.1. The number of unbranched alkanes of at least 4 members (excludes halogenated alkanes) is 2. The summed E-state index contributed by atoms with van der Waals surface area (Å²) in [6.45, 7) is 2.33. The van der Waals surface area contributed by atoms with E-state index in [2.05, 4.69) is 12.2 Å². The van der Waals surface area contributed by atoms with Crippen LogP contribution < -0.4 is 10.1 Å². The number of hydrogen-bond donors (Lipinski definition) is 2. The maximum Gasteiger partial charge on any atom is 0.341 e. The van der Waals surface area contributed by atoms with Gasteiger partial charge in [-0.15, -0.1) is 0 Å². The summed E-state index contributed by atoms with van der Waals surface area (Å²) in [6.07, 6.45) is 3.15. The first-order valence-corrected chi connectivity index (χ1v) is 6.36. The molecule has 0 saturated heterocycles. The van der Waals surface area contributed by atoms with E-state index in [0.717, 1.165) is 19.3 Å². The van der Waals surface area contributed by atoms with Crippen LogP contribution in [-0.2, 0) is 4.79 Å². The van der Waals surface area contributed by atoms with Crippen molar-refractivity contribution in [2.24, 2.45) is 0 Å². The Kier molecular flexibility index (Phi) is 6.43. The van der Waals surface area contributed by atoms with E-state index in [-0.39, 0.29) is 5.91 Å². The SMILES string of the molecule is CCCCCNC(=O)c1cccc(OCC(=O)O)c1. The number of carboxylic acids is 1. The second kappa shape index (κ2) is 8.13. The van der Waals surface area contributed by atoms with Gasteiger partial charge in [0.25, 0.3) is 5.91 Å². The molecule has 0 aliphatic heterocycles. The first-order chi connectivity index (χ1) is 9.13. The highest BCUT2D eigenvalue weighted by atomic mass is 16.5. The van der Waals surface area contributed by atoms with Crippen LogP contribution in [0.15, 0.2) is 24.3 Å². The van der Waals surface area contributed by atoms with Crippen LogP contribution in [0.25, 0.3) is 0 Å². The van der Waals surface area contributed by atoms with Crippen molar-refractivity contribution >= 4 is 11.9 Å². The van der Waals surface area contributed by atoms with E-state index in [4.69, 9.17) is 9.84 Å². The van der Waals surface area contributed by atoms with Gasteiger partial charge in [0.1, 0.15) is 5.75 Å². The van der Waals surface area contributed by atoms with Gasteiger partial charge in [0, 0.05) is 12.1 Å². The third kappa shape index (κ3) is 5.90. The highest BCUT2D eigenvalue weighted by Gasteiger charge is 2.06. The van der Waals surface area contributed by atoms with Crippen molar-refractivity contribution in [2.45, 2.75) is 26.2 Å². The summed E-state index contributed by atoms with van der Waals surface area (Å²) in [5.41, 5.74) is 0.472. The predicted molar refractivity (Wildman–Crippen MR) is 71.4 cm³/mol. The van der Waals surface area contributed by atoms with Crippen LogP contribution in [0.3, 0.4) is 0 Å². The molecule has 1 rings (SSSR count). The van der Waals surface area contributed by atoms with E-state index in [0.29, 0.717) is 17.9 Å². The second-order valence-electron chi connectivity index (χ2n) is 4.17. The Hall–Kier alpha value is -2.04. The number of amides is 1. The molecule has 5 heteroatoms. The Morgan fingerprint density at radius 1 is 1.32 bits per heavy atom. The van der Waals surface area contributed by atoms with Gasteiger partial charge in [-0.1, -0.05) is 25.8 Å². The fraction of sp³-hybridized carbons (Fsp3) is 0.429. The first kappa shape index (κ1) is 15.0. The number of carbonyl (C=O) groups is 2. The number of hydrogen-bond acceptors (Lipinski definition) is 3. The molecule has 2 N–H and O–H groups in total.